The molecule has 0 amide bonds. The lowest BCUT2D eigenvalue weighted by Crippen LogP contribution is -2.38. The van der Waals surface area contributed by atoms with Crippen LogP contribution in [0.1, 0.15) is 6.92 Å². The van der Waals surface area contributed by atoms with Crippen LogP contribution in [0.2, 0.25) is 0 Å². The van der Waals surface area contributed by atoms with Crippen molar-refractivity contribution in [1.82, 2.24) is 4.90 Å². The third-order valence-corrected chi connectivity index (χ3v) is 3.61. The molecule has 1 aliphatic heterocycles. The van der Waals surface area contributed by atoms with Crippen LogP contribution in [0.5, 0.6) is 0 Å². The molecule has 0 radical (unpaired) electrons. The lowest BCUT2D eigenvalue weighted by atomic mass is 10.4. The number of thioether (sulfide) groups is 1. The summed E-state index contributed by atoms with van der Waals surface area (Å²) < 4.78 is 10.1. The normalized spacial score (nSPS) is 18.9. The van der Waals surface area contributed by atoms with Crippen molar-refractivity contribution in [3.63, 3.8) is 0 Å². The van der Waals surface area contributed by atoms with Gasteiger partial charge in [-0.15, -0.1) is 0 Å². The van der Waals surface area contributed by atoms with Gasteiger partial charge in [0, 0.05) is 31.1 Å². The SMILES string of the molecule is CCOC(=O)C(N)CSCCN1CCOCC1. The smallest absolute Gasteiger partial charge is 0.323 e. The first-order valence-electron chi connectivity index (χ1n) is 6.04. The van der Waals surface area contributed by atoms with Crippen molar-refractivity contribution in [2.45, 2.75) is 13.0 Å². The summed E-state index contributed by atoms with van der Waals surface area (Å²) in [4.78, 5) is 13.6. The van der Waals surface area contributed by atoms with E-state index in [1.807, 2.05) is 0 Å². The van der Waals surface area contributed by atoms with Gasteiger partial charge in [0.2, 0.25) is 0 Å². The summed E-state index contributed by atoms with van der Waals surface area (Å²) in [7, 11) is 0. The first-order chi connectivity index (χ1) is 8.24. The van der Waals surface area contributed by atoms with Crippen LogP contribution in [0.15, 0.2) is 0 Å². The van der Waals surface area contributed by atoms with Gasteiger partial charge in [-0.25, -0.2) is 0 Å². The Kier molecular flexibility index (Phi) is 7.59. The number of hydrogen-bond donors (Lipinski definition) is 1. The third kappa shape index (κ3) is 6.26. The van der Waals surface area contributed by atoms with Gasteiger partial charge >= 0.3 is 5.97 Å². The lowest BCUT2D eigenvalue weighted by molar-refractivity contribution is -0.144. The summed E-state index contributed by atoms with van der Waals surface area (Å²) in [6, 6.07) is -0.496. The van der Waals surface area contributed by atoms with E-state index in [4.69, 9.17) is 15.2 Å². The van der Waals surface area contributed by atoms with Gasteiger partial charge in [-0.3, -0.25) is 9.69 Å². The summed E-state index contributed by atoms with van der Waals surface area (Å²) in [5.41, 5.74) is 5.69. The Labute approximate surface area is 107 Å². The molecule has 0 aromatic heterocycles. The van der Waals surface area contributed by atoms with Crippen molar-refractivity contribution in [2.24, 2.45) is 5.73 Å². The van der Waals surface area contributed by atoms with Crippen molar-refractivity contribution >= 4 is 17.7 Å². The van der Waals surface area contributed by atoms with Crippen molar-refractivity contribution in [2.75, 3.05) is 51.0 Å². The molecule has 1 atom stereocenters. The van der Waals surface area contributed by atoms with E-state index in [9.17, 15) is 4.79 Å². The van der Waals surface area contributed by atoms with Crippen molar-refractivity contribution < 1.29 is 14.3 Å². The molecular formula is C11H22N2O3S. The third-order valence-electron chi connectivity index (χ3n) is 2.54. The molecule has 0 aromatic rings. The molecular weight excluding hydrogens is 240 g/mol. The Morgan fingerprint density at radius 2 is 2.24 bits per heavy atom. The minimum absolute atomic E-state index is 0.300. The predicted molar refractivity (Wildman–Crippen MR) is 69.2 cm³/mol. The largest absolute Gasteiger partial charge is 0.465 e. The highest BCUT2D eigenvalue weighted by Gasteiger charge is 2.15. The van der Waals surface area contributed by atoms with Crippen LogP contribution in [0, 0.1) is 0 Å². The van der Waals surface area contributed by atoms with Crippen LogP contribution in [0.3, 0.4) is 0 Å². The minimum Gasteiger partial charge on any atom is -0.465 e. The second kappa shape index (κ2) is 8.74. The molecule has 0 aromatic carbocycles. The quantitative estimate of drug-likeness (QED) is 0.512. The molecule has 17 heavy (non-hydrogen) atoms. The molecule has 1 aliphatic rings. The highest BCUT2D eigenvalue weighted by Crippen LogP contribution is 2.05. The monoisotopic (exact) mass is 262 g/mol. The van der Waals surface area contributed by atoms with E-state index in [0.29, 0.717) is 12.4 Å². The summed E-state index contributed by atoms with van der Waals surface area (Å²) in [5.74, 6) is 1.32. The number of ether oxygens (including phenoxy) is 2. The van der Waals surface area contributed by atoms with Crippen molar-refractivity contribution in [3.05, 3.63) is 0 Å². The lowest BCUT2D eigenvalue weighted by Gasteiger charge is -2.26. The van der Waals surface area contributed by atoms with Gasteiger partial charge < -0.3 is 15.2 Å². The van der Waals surface area contributed by atoms with Crippen LogP contribution < -0.4 is 5.73 Å². The zero-order valence-corrected chi connectivity index (χ0v) is 11.2. The first-order valence-corrected chi connectivity index (χ1v) is 7.19. The molecule has 0 bridgehead atoms. The standard InChI is InChI=1S/C11H22N2O3S/c1-2-16-11(14)10(12)9-17-8-5-13-3-6-15-7-4-13/h10H,2-9,12H2,1H3. The van der Waals surface area contributed by atoms with E-state index < -0.39 is 6.04 Å². The number of carbonyl (C=O) groups excluding carboxylic acids is 1. The van der Waals surface area contributed by atoms with E-state index in [1.165, 1.54) is 0 Å². The maximum atomic E-state index is 11.3. The highest BCUT2D eigenvalue weighted by atomic mass is 32.2. The van der Waals surface area contributed by atoms with E-state index in [-0.39, 0.29) is 5.97 Å². The maximum absolute atomic E-state index is 11.3. The molecule has 1 fully saturated rings. The van der Waals surface area contributed by atoms with E-state index in [2.05, 4.69) is 4.90 Å². The average Bonchev–Trinajstić information content (AvgIpc) is 2.36. The van der Waals surface area contributed by atoms with Crippen LogP contribution in [-0.2, 0) is 14.3 Å². The maximum Gasteiger partial charge on any atom is 0.323 e. The van der Waals surface area contributed by atoms with Gasteiger partial charge in [-0.05, 0) is 6.92 Å². The molecule has 1 heterocycles. The molecule has 0 saturated carbocycles. The molecule has 1 saturated heterocycles. The Morgan fingerprint density at radius 1 is 1.53 bits per heavy atom. The number of esters is 1. The number of carbonyl (C=O) groups is 1. The van der Waals surface area contributed by atoms with E-state index in [0.717, 1.165) is 38.6 Å². The van der Waals surface area contributed by atoms with Crippen LogP contribution in [0.25, 0.3) is 0 Å². The van der Waals surface area contributed by atoms with Crippen molar-refractivity contribution in [1.29, 1.82) is 0 Å². The summed E-state index contributed by atoms with van der Waals surface area (Å²) in [6.07, 6.45) is 0. The summed E-state index contributed by atoms with van der Waals surface area (Å²) in [6.45, 7) is 6.87. The van der Waals surface area contributed by atoms with Gasteiger partial charge in [0.05, 0.1) is 19.8 Å². The predicted octanol–water partition coefficient (Wildman–Crippen LogP) is -0.0578. The fraction of sp³-hybridized carbons (Fsp3) is 0.909. The topological polar surface area (TPSA) is 64.8 Å². The zero-order valence-electron chi connectivity index (χ0n) is 10.4. The molecule has 0 aliphatic carbocycles. The van der Waals surface area contributed by atoms with Gasteiger partial charge in [-0.2, -0.15) is 11.8 Å². The van der Waals surface area contributed by atoms with Gasteiger partial charge in [-0.1, -0.05) is 0 Å². The van der Waals surface area contributed by atoms with Crippen molar-refractivity contribution in [3.8, 4) is 0 Å². The van der Waals surface area contributed by atoms with Gasteiger partial charge in [0.25, 0.3) is 0 Å². The van der Waals surface area contributed by atoms with Gasteiger partial charge in [0.1, 0.15) is 6.04 Å². The zero-order chi connectivity index (χ0) is 12.5. The first kappa shape index (κ1) is 14.8. The molecule has 1 rings (SSSR count). The number of morpholine rings is 1. The van der Waals surface area contributed by atoms with Crippen LogP contribution in [-0.4, -0.2) is 67.9 Å². The molecule has 5 nitrogen and oxygen atoms in total. The molecule has 100 valence electrons. The van der Waals surface area contributed by atoms with Gasteiger partial charge in [0.15, 0.2) is 0 Å². The fourth-order valence-corrected chi connectivity index (χ4v) is 2.49. The molecule has 6 heteroatoms. The highest BCUT2D eigenvalue weighted by molar-refractivity contribution is 7.99. The molecule has 2 N–H and O–H groups in total. The summed E-state index contributed by atoms with van der Waals surface area (Å²) in [5, 5.41) is 0. The number of nitrogens with two attached hydrogens (primary N) is 1. The Morgan fingerprint density at radius 3 is 2.88 bits per heavy atom. The fourth-order valence-electron chi connectivity index (χ4n) is 1.55. The Balaban J connectivity index is 2.00. The molecule has 0 spiro atoms. The second-order valence-electron chi connectivity index (χ2n) is 3.89. The number of nitrogens with zero attached hydrogens (tertiary/aromatic N) is 1. The van der Waals surface area contributed by atoms with E-state index >= 15 is 0 Å². The number of rotatable bonds is 7. The summed E-state index contributed by atoms with van der Waals surface area (Å²) >= 11 is 1.70. The van der Waals surface area contributed by atoms with Crippen LogP contribution >= 0.6 is 11.8 Å². The second-order valence-corrected chi connectivity index (χ2v) is 5.04. The van der Waals surface area contributed by atoms with Crippen LogP contribution in [0.4, 0.5) is 0 Å². The average molecular weight is 262 g/mol. The minimum atomic E-state index is -0.496. The molecule has 1 unspecified atom stereocenters. The Hall–Kier alpha value is -0.300. The number of hydrogen-bond acceptors (Lipinski definition) is 6. The Bertz CT molecular complexity index is 223. The van der Waals surface area contributed by atoms with E-state index in [1.54, 1.807) is 18.7 Å².